The van der Waals surface area contributed by atoms with Crippen LogP contribution in [0.1, 0.15) is 18.4 Å². The first-order chi connectivity index (χ1) is 11.7. The molecule has 0 radical (unpaired) electrons. The van der Waals surface area contributed by atoms with Gasteiger partial charge in [0.2, 0.25) is 0 Å². The second-order valence-electron chi connectivity index (χ2n) is 5.78. The van der Waals surface area contributed by atoms with E-state index in [4.69, 9.17) is 4.74 Å². The highest BCUT2D eigenvalue weighted by Gasteiger charge is 2.16. The first-order valence-electron chi connectivity index (χ1n) is 8.03. The monoisotopic (exact) mass is 316 g/mol. The fourth-order valence-electron chi connectivity index (χ4n) is 2.89. The van der Waals surface area contributed by atoms with E-state index in [1.807, 2.05) is 49.4 Å². The van der Waals surface area contributed by atoms with Crippen LogP contribution in [0.5, 0.6) is 0 Å². The number of esters is 1. The molecule has 3 aromatic carbocycles. The lowest BCUT2D eigenvalue weighted by atomic mass is 9.91. The normalized spacial score (nSPS) is 11.8. The van der Waals surface area contributed by atoms with E-state index in [9.17, 15) is 4.79 Å². The van der Waals surface area contributed by atoms with Gasteiger partial charge in [-0.3, -0.25) is 4.79 Å². The third-order valence-corrected chi connectivity index (χ3v) is 4.26. The third-order valence-electron chi connectivity index (χ3n) is 4.26. The molecule has 0 aliphatic carbocycles. The molecular formula is C22H20O2. The van der Waals surface area contributed by atoms with Crippen molar-refractivity contribution in [1.82, 2.24) is 0 Å². The maximum absolute atomic E-state index is 11.8. The predicted octanol–water partition coefficient (Wildman–Crippen LogP) is 5.30. The molecule has 1 unspecified atom stereocenters. The van der Waals surface area contributed by atoms with Crippen molar-refractivity contribution in [3.05, 3.63) is 84.4 Å². The number of ether oxygens (including phenoxy) is 1. The van der Waals surface area contributed by atoms with Crippen molar-refractivity contribution < 1.29 is 9.53 Å². The molecule has 0 heterocycles. The Balaban J connectivity index is 2.06. The van der Waals surface area contributed by atoms with E-state index in [0.29, 0.717) is 0 Å². The SMILES string of the molecule is COC(=O)C(C)c1cccc(-c2ccccc2-c2ccccc2)c1. The third kappa shape index (κ3) is 3.23. The Bertz CT molecular complexity index is 837. The number of rotatable bonds is 4. The molecule has 120 valence electrons. The summed E-state index contributed by atoms with van der Waals surface area (Å²) in [7, 11) is 1.42. The van der Waals surface area contributed by atoms with E-state index in [1.54, 1.807) is 0 Å². The summed E-state index contributed by atoms with van der Waals surface area (Å²) in [6.45, 7) is 1.87. The average molecular weight is 316 g/mol. The van der Waals surface area contributed by atoms with Crippen LogP contribution in [-0.4, -0.2) is 13.1 Å². The fraction of sp³-hybridized carbons (Fsp3) is 0.136. The molecule has 0 spiro atoms. The maximum Gasteiger partial charge on any atom is 0.312 e. The van der Waals surface area contributed by atoms with Crippen LogP contribution in [0.15, 0.2) is 78.9 Å². The average Bonchev–Trinajstić information content (AvgIpc) is 2.67. The molecule has 3 rings (SSSR count). The Kier molecular flexibility index (Phi) is 4.76. The molecule has 0 bridgehead atoms. The number of hydrogen-bond acceptors (Lipinski definition) is 2. The van der Waals surface area contributed by atoms with Gasteiger partial charge in [-0.1, -0.05) is 78.9 Å². The van der Waals surface area contributed by atoms with Crippen LogP contribution in [0.2, 0.25) is 0 Å². The Morgan fingerprint density at radius 2 is 1.38 bits per heavy atom. The predicted molar refractivity (Wildman–Crippen MR) is 97.7 cm³/mol. The molecule has 24 heavy (non-hydrogen) atoms. The maximum atomic E-state index is 11.8. The fourth-order valence-corrected chi connectivity index (χ4v) is 2.89. The van der Waals surface area contributed by atoms with E-state index >= 15 is 0 Å². The summed E-state index contributed by atoms with van der Waals surface area (Å²) in [5.74, 6) is -0.498. The zero-order chi connectivity index (χ0) is 16.9. The molecule has 0 N–H and O–H groups in total. The van der Waals surface area contributed by atoms with Gasteiger partial charge < -0.3 is 4.74 Å². The molecule has 0 saturated carbocycles. The van der Waals surface area contributed by atoms with Gasteiger partial charge in [-0.2, -0.15) is 0 Å². The zero-order valence-corrected chi connectivity index (χ0v) is 13.9. The molecule has 0 amide bonds. The van der Waals surface area contributed by atoms with Crippen molar-refractivity contribution in [2.45, 2.75) is 12.8 Å². The minimum Gasteiger partial charge on any atom is -0.469 e. The molecular weight excluding hydrogens is 296 g/mol. The van der Waals surface area contributed by atoms with Crippen LogP contribution in [0.3, 0.4) is 0 Å². The van der Waals surface area contributed by atoms with Crippen LogP contribution >= 0.6 is 0 Å². The van der Waals surface area contributed by atoms with Crippen molar-refractivity contribution in [2.75, 3.05) is 7.11 Å². The highest BCUT2D eigenvalue weighted by atomic mass is 16.5. The van der Waals surface area contributed by atoms with Gasteiger partial charge in [-0.15, -0.1) is 0 Å². The highest BCUT2D eigenvalue weighted by molar-refractivity contribution is 5.84. The van der Waals surface area contributed by atoms with E-state index < -0.39 is 0 Å². The minimum atomic E-state index is -0.279. The van der Waals surface area contributed by atoms with Gasteiger partial charge in [0.1, 0.15) is 0 Å². The van der Waals surface area contributed by atoms with Crippen molar-refractivity contribution in [3.63, 3.8) is 0 Å². The largest absolute Gasteiger partial charge is 0.469 e. The molecule has 0 aromatic heterocycles. The van der Waals surface area contributed by atoms with Crippen LogP contribution in [0.4, 0.5) is 0 Å². The van der Waals surface area contributed by atoms with Crippen LogP contribution in [0, 0.1) is 0 Å². The summed E-state index contributed by atoms with van der Waals surface area (Å²) in [5.41, 5.74) is 5.58. The number of carbonyl (C=O) groups excluding carboxylic acids is 1. The number of hydrogen-bond donors (Lipinski definition) is 0. The van der Waals surface area contributed by atoms with Gasteiger partial charge in [0.25, 0.3) is 0 Å². The van der Waals surface area contributed by atoms with E-state index in [2.05, 4.69) is 36.4 Å². The Morgan fingerprint density at radius 1 is 0.792 bits per heavy atom. The molecule has 0 aliphatic rings. The van der Waals surface area contributed by atoms with Crippen LogP contribution < -0.4 is 0 Å². The molecule has 2 nitrogen and oxygen atoms in total. The summed E-state index contributed by atoms with van der Waals surface area (Å²) in [4.78, 5) is 11.8. The number of methoxy groups -OCH3 is 1. The number of carbonyl (C=O) groups is 1. The van der Waals surface area contributed by atoms with E-state index in [-0.39, 0.29) is 11.9 Å². The standard InChI is InChI=1S/C22H20O2/c1-16(22(23)24-2)18-11-8-12-19(15-18)21-14-7-6-13-20(21)17-9-4-3-5-10-17/h3-16H,1-2H3. The summed E-state index contributed by atoms with van der Waals surface area (Å²) in [5, 5.41) is 0. The topological polar surface area (TPSA) is 26.3 Å². The lowest BCUT2D eigenvalue weighted by molar-refractivity contribution is -0.141. The number of benzene rings is 3. The van der Waals surface area contributed by atoms with Gasteiger partial charge in [0, 0.05) is 0 Å². The first-order valence-corrected chi connectivity index (χ1v) is 8.03. The van der Waals surface area contributed by atoms with Crippen LogP contribution in [0.25, 0.3) is 22.3 Å². The second-order valence-corrected chi connectivity index (χ2v) is 5.78. The van der Waals surface area contributed by atoms with Crippen molar-refractivity contribution in [3.8, 4) is 22.3 Å². The first kappa shape index (κ1) is 16.0. The minimum absolute atomic E-state index is 0.219. The summed E-state index contributed by atoms with van der Waals surface area (Å²) in [6, 6.07) is 26.8. The summed E-state index contributed by atoms with van der Waals surface area (Å²) in [6.07, 6.45) is 0. The molecule has 1 atom stereocenters. The lowest BCUT2D eigenvalue weighted by Gasteiger charge is -2.14. The van der Waals surface area contributed by atoms with Gasteiger partial charge in [0.05, 0.1) is 13.0 Å². The molecule has 3 aromatic rings. The summed E-state index contributed by atoms with van der Waals surface area (Å²) < 4.78 is 4.87. The van der Waals surface area contributed by atoms with Gasteiger partial charge >= 0.3 is 5.97 Å². The Hall–Kier alpha value is -2.87. The highest BCUT2D eigenvalue weighted by Crippen LogP contribution is 2.33. The van der Waals surface area contributed by atoms with Crippen molar-refractivity contribution >= 4 is 5.97 Å². The second kappa shape index (κ2) is 7.14. The smallest absolute Gasteiger partial charge is 0.312 e. The Labute approximate surface area is 142 Å². The zero-order valence-electron chi connectivity index (χ0n) is 13.9. The van der Waals surface area contributed by atoms with Crippen molar-refractivity contribution in [2.24, 2.45) is 0 Å². The Morgan fingerprint density at radius 3 is 2.04 bits per heavy atom. The van der Waals surface area contributed by atoms with Gasteiger partial charge in [-0.05, 0) is 34.7 Å². The van der Waals surface area contributed by atoms with Gasteiger partial charge in [0.15, 0.2) is 0 Å². The molecule has 0 saturated heterocycles. The van der Waals surface area contributed by atoms with E-state index in [0.717, 1.165) is 16.7 Å². The molecule has 2 heteroatoms. The van der Waals surface area contributed by atoms with Crippen LogP contribution in [-0.2, 0) is 9.53 Å². The molecule has 0 aliphatic heterocycles. The quantitative estimate of drug-likeness (QED) is 0.611. The van der Waals surface area contributed by atoms with E-state index in [1.165, 1.54) is 18.2 Å². The summed E-state index contributed by atoms with van der Waals surface area (Å²) >= 11 is 0. The van der Waals surface area contributed by atoms with Gasteiger partial charge in [-0.25, -0.2) is 0 Å². The van der Waals surface area contributed by atoms with Crippen molar-refractivity contribution in [1.29, 1.82) is 0 Å². The molecule has 0 fully saturated rings. The lowest BCUT2D eigenvalue weighted by Crippen LogP contribution is -2.10.